The second-order valence-corrected chi connectivity index (χ2v) is 6.81. The fraction of sp³-hybridized carbons (Fsp3) is 0.562. The molecule has 0 unspecified atom stereocenters. The first-order chi connectivity index (χ1) is 9.63. The minimum atomic E-state index is 0.0987. The van der Waals surface area contributed by atoms with Crippen molar-refractivity contribution < 1.29 is 4.79 Å². The van der Waals surface area contributed by atoms with Crippen LogP contribution in [0.15, 0.2) is 27.1 Å². The molecule has 1 aromatic rings. The number of hydrogen-bond acceptors (Lipinski definition) is 1. The molecule has 0 aliphatic heterocycles. The maximum atomic E-state index is 11.8. The Bertz CT molecular complexity index is 421. The first kappa shape index (κ1) is 17.7. The third-order valence-electron chi connectivity index (χ3n) is 3.21. The number of unbranched alkanes of at least 4 members (excludes halogenated alkanes) is 6. The van der Waals surface area contributed by atoms with Crippen molar-refractivity contribution in [1.82, 2.24) is 0 Å². The van der Waals surface area contributed by atoms with Crippen LogP contribution in [-0.4, -0.2) is 5.91 Å². The summed E-state index contributed by atoms with van der Waals surface area (Å²) in [5.41, 5.74) is 0.834. The van der Waals surface area contributed by atoms with Crippen LogP contribution in [0.3, 0.4) is 0 Å². The Morgan fingerprint density at radius 2 is 1.70 bits per heavy atom. The molecule has 0 saturated heterocycles. The summed E-state index contributed by atoms with van der Waals surface area (Å²) in [6, 6.07) is 5.76. The summed E-state index contributed by atoms with van der Waals surface area (Å²) in [5.74, 6) is 0.0987. The summed E-state index contributed by atoms with van der Waals surface area (Å²) in [6.07, 6.45) is 9.22. The first-order valence-corrected chi connectivity index (χ1v) is 8.97. The van der Waals surface area contributed by atoms with Crippen LogP contribution in [0.1, 0.15) is 58.3 Å². The van der Waals surface area contributed by atoms with Gasteiger partial charge < -0.3 is 5.32 Å². The van der Waals surface area contributed by atoms with Gasteiger partial charge in [-0.05, 0) is 40.5 Å². The number of hydrogen-bond donors (Lipinski definition) is 1. The van der Waals surface area contributed by atoms with Crippen molar-refractivity contribution in [3.8, 4) is 0 Å². The predicted octanol–water partition coefficient (Wildman–Crippen LogP) is 6.29. The smallest absolute Gasteiger partial charge is 0.224 e. The minimum absolute atomic E-state index is 0.0987. The zero-order valence-electron chi connectivity index (χ0n) is 12.1. The lowest BCUT2D eigenvalue weighted by atomic mass is 10.1. The maximum absolute atomic E-state index is 11.8. The molecule has 112 valence electrons. The molecule has 1 N–H and O–H groups in total. The van der Waals surface area contributed by atoms with E-state index in [-0.39, 0.29) is 5.91 Å². The highest BCUT2D eigenvalue weighted by molar-refractivity contribution is 9.11. The molecule has 1 aromatic carbocycles. The molecule has 2 nitrogen and oxygen atoms in total. The molecule has 0 radical (unpaired) electrons. The van der Waals surface area contributed by atoms with Gasteiger partial charge >= 0.3 is 0 Å². The van der Waals surface area contributed by atoms with Gasteiger partial charge in [0.15, 0.2) is 0 Å². The summed E-state index contributed by atoms with van der Waals surface area (Å²) < 4.78 is 1.90. The standard InChI is InChI=1S/C16H23Br2NO/c1-2-3-4-5-6-7-8-9-16(20)19-15-11-10-13(17)12-14(15)18/h10-12H,2-9H2,1H3,(H,19,20). The number of rotatable bonds is 9. The zero-order valence-corrected chi connectivity index (χ0v) is 15.2. The second kappa shape index (κ2) is 10.4. The van der Waals surface area contributed by atoms with Crippen molar-refractivity contribution in [2.24, 2.45) is 0 Å². The normalized spacial score (nSPS) is 10.6. The Morgan fingerprint density at radius 1 is 1.05 bits per heavy atom. The van der Waals surface area contributed by atoms with Crippen molar-refractivity contribution in [1.29, 1.82) is 0 Å². The van der Waals surface area contributed by atoms with Gasteiger partial charge in [-0.2, -0.15) is 0 Å². The molecule has 0 heterocycles. The van der Waals surface area contributed by atoms with Crippen LogP contribution in [0, 0.1) is 0 Å². The van der Waals surface area contributed by atoms with Crippen molar-refractivity contribution in [3.63, 3.8) is 0 Å². The molecular weight excluding hydrogens is 382 g/mol. The third-order valence-corrected chi connectivity index (χ3v) is 4.36. The highest BCUT2D eigenvalue weighted by Crippen LogP contribution is 2.26. The zero-order chi connectivity index (χ0) is 14.8. The minimum Gasteiger partial charge on any atom is -0.325 e. The summed E-state index contributed by atoms with van der Waals surface area (Å²) in [4.78, 5) is 11.8. The molecule has 1 rings (SSSR count). The van der Waals surface area contributed by atoms with E-state index in [9.17, 15) is 4.79 Å². The summed E-state index contributed by atoms with van der Waals surface area (Å²) in [6.45, 7) is 2.23. The van der Waals surface area contributed by atoms with Gasteiger partial charge in [-0.15, -0.1) is 0 Å². The highest BCUT2D eigenvalue weighted by atomic mass is 79.9. The molecule has 4 heteroatoms. The average molecular weight is 405 g/mol. The van der Waals surface area contributed by atoms with Crippen LogP contribution in [0.2, 0.25) is 0 Å². The van der Waals surface area contributed by atoms with Crippen LogP contribution in [0.5, 0.6) is 0 Å². The Balaban J connectivity index is 2.17. The van der Waals surface area contributed by atoms with Gasteiger partial charge in [-0.3, -0.25) is 4.79 Å². The lowest BCUT2D eigenvalue weighted by Gasteiger charge is -2.07. The van der Waals surface area contributed by atoms with Crippen molar-refractivity contribution in [2.75, 3.05) is 5.32 Å². The summed E-state index contributed by atoms with van der Waals surface area (Å²) >= 11 is 6.84. The molecule has 0 saturated carbocycles. The van der Waals surface area contributed by atoms with Crippen LogP contribution >= 0.6 is 31.9 Å². The van der Waals surface area contributed by atoms with Crippen LogP contribution in [0.25, 0.3) is 0 Å². The fourth-order valence-corrected chi connectivity index (χ4v) is 3.19. The van der Waals surface area contributed by atoms with E-state index in [1.165, 1.54) is 32.1 Å². The largest absolute Gasteiger partial charge is 0.325 e. The number of carbonyl (C=O) groups excluding carboxylic acids is 1. The molecule has 0 aliphatic carbocycles. The Morgan fingerprint density at radius 3 is 2.35 bits per heavy atom. The van der Waals surface area contributed by atoms with Gasteiger partial charge in [0.1, 0.15) is 0 Å². The van der Waals surface area contributed by atoms with E-state index in [2.05, 4.69) is 44.1 Å². The van der Waals surface area contributed by atoms with Gasteiger partial charge in [0.05, 0.1) is 5.69 Å². The van der Waals surface area contributed by atoms with E-state index in [0.29, 0.717) is 6.42 Å². The van der Waals surface area contributed by atoms with Crippen molar-refractivity contribution in [3.05, 3.63) is 27.1 Å². The lowest BCUT2D eigenvalue weighted by Crippen LogP contribution is -2.11. The molecule has 0 fully saturated rings. The highest BCUT2D eigenvalue weighted by Gasteiger charge is 2.05. The Kier molecular flexibility index (Phi) is 9.19. The molecule has 0 spiro atoms. The number of carbonyl (C=O) groups is 1. The van der Waals surface area contributed by atoms with Gasteiger partial charge in [0.2, 0.25) is 5.91 Å². The number of anilines is 1. The average Bonchev–Trinajstić information content (AvgIpc) is 2.41. The Labute approximate surface area is 139 Å². The van der Waals surface area contributed by atoms with E-state index >= 15 is 0 Å². The Hall–Kier alpha value is -0.350. The van der Waals surface area contributed by atoms with E-state index in [0.717, 1.165) is 27.5 Å². The van der Waals surface area contributed by atoms with Gasteiger partial charge in [-0.1, -0.05) is 61.4 Å². The fourth-order valence-electron chi connectivity index (χ4n) is 2.05. The van der Waals surface area contributed by atoms with Gasteiger partial charge in [0, 0.05) is 15.4 Å². The van der Waals surface area contributed by atoms with Crippen LogP contribution in [0.4, 0.5) is 5.69 Å². The predicted molar refractivity (Wildman–Crippen MR) is 93.1 cm³/mol. The van der Waals surface area contributed by atoms with E-state index in [4.69, 9.17) is 0 Å². The topological polar surface area (TPSA) is 29.1 Å². The van der Waals surface area contributed by atoms with Gasteiger partial charge in [0.25, 0.3) is 0 Å². The molecule has 0 bridgehead atoms. The third kappa shape index (κ3) is 7.44. The lowest BCUT2D eigenvalue weighted by molar-refractivity contribution is -0.116. The monoisotopic (exact) mass is 403 g/mol. The van der Waals surface area contributed by atoms with Crippen LogP contribution < -0.4 is 5.32 Å². The molecule has 1 amide bonds. The van der Waals surface area contributed by atoms with Gasteiger partial charge in [-0.25, -0.2) is 0 Å². The second-order valence-electron chi connectivity index (χ2n) is 5.04. The number of nitrogens with one attached hydrogen (secondary N) is 1. The van der Waals surface area contributed by atoms with Crippen LogP contribution in [-0.2, 0) is 4.79 Å². The number of benzene rings is 1. The SMILES string of the molecule is CCCCCCCCCC(=O)Nc1ccc(Br)cc1Br. The van der Waals surface area contributed by atoms with E-state index in [1.807, 2.05) is 18.2 Å². The molecule has 0 atom stereocenters. The molecular formula is C16H23Br2NO. The molecule has 0 aromatic heterocycles. The summed E-state index contributed by atoms with van der Waals surface area (Å²) in [5, 5.41) is 2.94. The van der Waals surface area contributed by atoms with E-state index < -0.39 is 0 Å². The number of halogens is 2. The summed E-state index contributed by atoms with van der Waals surface area (Å²) in [7, 11) is 0. The van der Waals surface area contributed by atoms with Crippen molar-refractivity contribution >= 4 is 43.5 Å². The maximum Gasteiger partial charge on any atom is 0.224 e. The van der Waals surface area contributed by atoms with Crippen molar-refractivity contribution in [2.45, 2.75) is 58.3 Å². The molecule has 0 aliphatic rings. The quantitative estimate of drug-likeness (QED) is 0.481. The van der Waals surface area contributed by atoms with E-state index in [1.54, 1.807) is 0 Å². The molecule has 20 heavy (non-hydrogen) atoms. The number of amides is 1. The first-order valence-electron chi connectivity index (χ1n) is 7.38.